The first-order valence-corrected chi connectivity index (χ1v) is 5.65. The minimum absolute atomic E-state index is 0.0167. The summed E-state index contributed by atoms with van der Waals surface area (Å²) >= 11 is 0. The topological polar surface area (TPSA) is 108 Å². The van der Waals surface area contributed by atoms with Crippen molar-refractivity contribution in [3.63, 3.8) is 0 Å². The Morgan fingerprint density at radius 2 is 2.24 bits per heavy atom. The molecule has 1 saturated heterocycles. The molecule has 1 rings (SSSR count). The van der Waals surface area contributed by atoms with Crippen molar-refractivity contribution in [2.75, 3.05) is 13.2 Å². The molecule has 0 unspecified atom stereocenters. The van der Waals surface area contributed by atoms with Gasteiger partial charge in [0.05, 0.1) is 12.7 Å². The highest BCUT2D eigenvalue weighted by Crippen LogP contribution is 2.21. The molecule has 0 aromatic rings. The van der Waals surface area contributed by atoms with Crippen LogP contribution in [0.1, 0.15) is 19.8 Å². The van der Waals surface area contributed by atoms with Crippen LogP contribution < -0.4 is 5.32 Å². The van der Waals surface area contributed by atoms with Gasteiger partial charge in [-0.1, -0.05) is 6.92 Å². The number of aliphatic hydroxyl groups is 3. The van der Waals surface area contributed by atoms with Gasteiger partial charge in [0.2, 0.25) is 6.29 Å². The standard InChI is InChI=1S/C10H19NO6/c1-2-3-11-10(15)17-8-4-6(13)9(14)7(5-12)16-8/h6-9,12-14H,2-5H2,1H3,(H,11,15)/t6-,7-,8+,9-/m1/s1. The number of hydrogen-bond donors (Lipinski definition) is 4. The van der Waals surface area contributed by atoms with E-state index in [1.807, 2.05) is 6.92 Å². The molecule has 0 aromatic heterocycles. The zero-order valence-electron chi connectivity index (χ0n) is 9.70. The molecule has 1 aliphatic rings. The van der Waals surface area contributed by atoms with Crippen LogP contribution >= 0.6 is 0 Å². The number of carbonyl (C=O) groups excluding carboxylic acids is 1. The third-order valence-electron chi connectivity index (χ3n) is 2.47. The number of rotatable bonds is 4. The monoisotopic (exact) mass is 249 g/mol. The van der Waals surface area contributed by atoms with Crippen LogP contribution in [0, 0.1) is 0 Å². The first-order chi connectivity index (χ1) is 8.08. The van der Waals surface area contributed by atoms with Gasteiger partial charge in [-0.3, -0.25) is 0 Å². The summed E-state index contributed by atoms with van der Waals surface area (Å²) in [5.74, 6) is 0. The second-order valence-corrected chi connectivity index (χ2v) is 3.91. The molecule has 1 aliphatic heterocycles. The summed E-state index contributed by atoms with van der Waals surface area (Å²) in [5.41, 5.74) is 0. The fourth-order valence-corrected chi connectivity index (χ4v) is 1.53. The van der Waals surface area contributed by atoms with Gasteiger partial charge in [0.25, 0.3) is 0 Å². The van der Waals surface area contributed by atoms with Gasteiger partial charge < -0.3 is 30.1 Å². The zero-order valence-corrected chi connectivity index (χ0v) is 9.70. The summed E-state index contributed by atoms with van der Waals surface area (Å²) in [5, 5.41) is 30.3. The van der Waals surface area contributed by atoms with Crippen molar-refractivity contribution in [1.29, 1.82) is 0 Å². The van der Waals surface area contributed by atoms with Crippen LogP contribution in [0.15, 0.2) is 0 Å². The lowest BCUT2D eigenvalue weighted by molar-refractivity contribution is -0.238. The van der Waals surface area contributed by atoms with E-state index in [0.29, 0.717) is 6.54 Å². The van der Waals surface area contributed by atoms with Crippen molar-refractivity contribution < 1.29 is 29.6 Å². The molecule has 1 heterocycles. The number of aliphatic hydroxyl groups excluding tert-OH is 3. The molecular formula is C10H19NO6. The molecule has 4 atom stereocenters. The highest BCUT2D eigenvalue weighted by atomic mass is 16.7. The van der Waals surface area contributed by atoms with Gasteiger partial charge in [-0.2, -0.15) is 0 Å². The highest BCUT2D eigenvalue weighted by Gasteiger charge is 2.37. The van der Waals surface area contributed by atoms with Gasteiger partial charge in [-0.15, -0.1) is 0 Å². The van der Waals surface area contributed by atoms with Gasteiger partial charge in [-0.25, -0.2) is 4.79 Å². The van der Waals surface area contributed by atoms with Gasteiger partial charge in [0.1, 0.15) is 12.2 Å². The normalized spacial score (nSPS) is 33.2. The summed E-state index contributed by atoms with van der Waals surface area (Å²) in [6, 6.07) is 0. The first kappa shape index (κ1) is 14.2. The molecule has 0 spiro atoms. The van der Waals surface area contributed by atoms with E-state index in [9.17, 15) is 15.0 Å². The van der Waals surface area contributed by atoms with Gasteiger partial charge >= 0.3 is 6.09 Å². The van der Waals surface area contributed by atoms with Crippen molar-refractivity contribution >= 4 is 6.09 Å². The van der Waals surface area contributed by atoms with Crippen molar-refractivity contribution in [3.05, 3.63) is 0 Å². The summed E-state index contributed by atoms with van der Waals surface area (Å²) < 4.78 is 10.0. The third kappa shape index (κ3) is 4.12. The minimum atomic E-state index is -1.17. The molecule has 7 nitrogen and oxygen atoms in total. The smallest absolute Gasteiger partial charge is 0.409 e. The number of ether oxygens (including phenoxy) is 2. The third-order valence-corrected chi connectivity index (χ3v) is 2.47. The van der Waals surface area contributed by atoms with E-state index in [0.717, 1.165) is 6.42 Å². The average molecular weight is 249 g/mol. The SMILES string of the molecule is CCCNC(=O)O[C@H]1C[C@@H](O)[C@@H](O)[C@@H](CO)O1. The minimum Gasteiger partial charge on any atom is -0.420 e. The quantitative estimate of drug-likeness (QED) is 0.506. The molecule has 17 heavy (non-hydrogen) atoms. The van der Waals surface area contributed by atoms with Crippen molar-refractivity contribution in [1.82, 2.24) is 5.32 Å². The van der Waals surface area contributed by atoms with Gasteiger partial charge in [0.15, 0.2) is 0 Å². The van der Waals surface area contributed by atoms with Crippen LogP contribution in [0.25, 0.3) is 0 Å². The molecule has 0 radical (unpaired) electrons. The summed E-state index contributed by atoms with van der Waals surface area (Å²) in [4.78, 5) is 11.2. The number of alkyl carbamates (subject to hydrolysis) is 1. The Balaban J connectivity index is 2.41. The maximum absolute atomic E-state index is 11.2. The van der Waals surface area contributed by atoms with E-state index < -0.39 is 37.3 Å². The Hall–Kier alpha value is -0.890. The molecule has 0 saturated carbocycles. The van der Waals surface area contributed by atoms with Crippen LogP contribution in [0.3, 0.4) is 0 Å². The van der Waals surface area contributed by atoms with Crippen LogP contribution in [-0.4, -0.2) is 59.2 Å². The van der Waals surface area contributed by atoms with E-state index in [4.69, 9.17) is 14.6 Å². The van der Waals surface area contributed by atoms with E-state index in [1.165, 1.54) is 0 Å². The van der Waals surface area contributed by atoms with Crippen molar-refractivity contribution in [2.45, 2.75) is 44.4 Å². The zero-order chi connectivity index (χ0) is 12.8. The lowest BCUT2D eigenvalue weighted by atomic mass is 10.0. The average Bonchev–Trinajstić information content (AvgIpc) is 2.31. The Morgan fingerprint density at radius 1 is 1.53 bits per heavy atom. The van der Waals surface area contributed by atoms with Crippen molar-refractivity contribution in [2.24, 2.45) is 0 Å². The predicted molar refractivity (Wildman–Crippen MR) is 57.2 cm³/mol. The second kappa shape index (κ2) is 6.75. The number of nitrogens with one attached hydrogen (secondary N) is 1. The molecule has 0 bridgehead atoms. The van der Waals surface area contributed by atoms with Crippen LogP contribution in [0.2, 0.25) is 0 Å². The predicted octanol–water partition coefficient (Wildman–Crippen LogP) is -1.05. The maximum atomic E-state index is 11.2. The second-order valence-electron chi connectivity index (χ2n) is 3.91. The van der Waals surface area contributed by atoms with E-state index in [-0.39, 0.29) is 6.42 Å². The van der Waals surface area contributed by atoms with E-state index >= 15 is 0 Å². The van der Waals surface area contributed by atoms with Crippen LogP contribution in [0.5, 0.6) is 0 Å². The fraction of sp³-hybridized carbons (Fsp3) is 0.900. The molecule has 100 valence electrons. The number of carbonyl (C=O) groups is 1. The Kier molecular flexibility index (Phi) is 5.63. The number of hydrogen-bond acceptors (Lipinski definition) is 6. The summed E-state index contributed by atoms with van der Waals surface area (Å²) in [6.07, 6.45) is -4.02. The van der Waals surface area contributed by atoms with Gasteiger partial charge in [0, 0.05) is 13.0 Å². The highest BCUT2D eigenvalue weighted by molar-refractivity contribution is 5.67. The molecule has 7 heteroatoms. The number of amides is 1. The Labute approximate surface area is 99.3 Å². The largest absolute Gasteiger partial charge is 0.420 e. The molecule has 4 N–H and O–H groups in total. The Bertz CT molecular complexity index is 249. The summed E-state index contributed by atoms with van der Waals surface area (Å²) in [6.45, 7) is 1.94. The van der Waals surface area contributed by atoms with Crippen LogP contribution in [-0.2, 0) is 9.47 Å². The molecule has 1 amide bonds. The summed E-state index contributed by atoms with van der Waals surface area (Å²) in [7, 11) is 0. The fourth-order valence-electron chi connectivity index (χ4n) is 1.53. The molecule has 0 aliphatic carbocycles. The Morgan fingerprint density at radius 3 is 2.82 bits per heavy atom. The van der Waals surface area contributed by atoms with Gasteiger partial charge in [-0.05, 0) is 6.42 Å². The van der Waals surface area contributed by atoms with E-state index in [1.54, 1.807) is 0 Å². The lowest BCUT2D eigenvalue weighted by Gasteiger charge is -2.35. The lowest BCUT2D eigenvalue weighted by Crippen LogP contribution is -2.51. The van der Waals surface area contributed by atoms with E-state index in [2.05, 4.69) is 5.32 Å². The maximum Gasteiger partial charge on any atom is 0.409 e. The molecule has 0 aromatic carbocycles. The first-order valence-electron chi connectivity index (χ1n) is 5.65. The molecule has 1 fully saturated rings. The molecular weight excluding hydrogens is 230 g/mol. The van der Waals surface area contributed by atoms with Crippen molar-refractivity contribution in [3.8, 4) is 0 Å². The van der Waals surface area contributed by atoms with Crippen LogP contribution in [0.4, 0.5) is 4.79 Å².